The van der Waals surface area contributed by atoms with Crippen LogP contribution in [0.15, 0.2) is 18.3 Å². The molecule has 78 valence electrons. The molecule has 14 heavy (non-hydrogen) atoms. The zero-order chi connectivity index (χ0) is 10.6. The van der Waals surface area contributed by atoms with Crippen LogP contribution in [-0.2, 0) is 0 Å². The van der Waals surface area contributed by atoms with Crippen molar-refractivity contribution in [3.63, 3.8) is 0 Å². The molecule has 0 fully saturated rings. The van der Waals surface area contributed by atoms with Crippen molar-refractivity contribution in [2.75, 3.05) is 16.8 Å². The number of rotatable bonds is 4. The summed E-state index contributed by atoms with van der Waals surface area (Å²) < 4.78 is 0. The van der Waals surface area contributed by atoms with Crippen molar-refractivity contribution in [2.24, 2.45) is 0 Å². The van der Waals surface area contributed by atoms with Crippen molar-refractivity contribution in [2.45, 2.75) is 26.8 Å². The molecule has 0 aromatic carbocycles. The Labute approximate surface area is 94.5 Å². The van der Waals surface area contributed by atoms with E-state index >= 15 is 0 Å². The Hall–Kier alpha value is -0.570. The van der Waals surface area contributed by atoms with Gasteiger partial charge in [-0.15, -0.1) is 0 Å². The van der Waals surface area contributed by atoms with Crippen molar-refractivity contribution in [1.82, 2.24) is 4.98 Å². The summed E-state index contributed by atoms with van der Waals surface area (Å²) in [6, 6.07) is 4.57. The Balaban J connectivity index is 2.93. The largest absolute Gasteiger partial charge is 0.353 e. The summed E-state index contributed by atoms with van der Waals surface area (Å²) in [6.07, 6.45) is 1.85. The molecule has 0 amide bonds. The van der Waals surface area contributed by atoms with Gasteiger partial charge in [-0.05, 0) is 32.4 Å². The van der Waals surface area contributed by atoms with E-state index in [1.165, 1.54) is 5.56 Å². The topological polar surface area (TPSA) is 16.1 Å². The van der Waals surface area contributed by atoms with E-state index < -0.39 is 0 Å². The summed E-state index contributed by atoms with van der Waals surface area (Å²) in [6.45, 7) is 7.48. The summed E-state index contributed by atoms with van der Waals surface area (Å²) in [7, 11) is 0. The molecule has 0 radical (unpaired) electrons. The van der Waals surface area contributed by atoms with Crippen LogP contribution in [0.3, 0.4) is 0 Å². The van der Waals surface area contributed by atoms with Gasteiger partial charge in [-0.2, -0.15) is 0 Å². The molecule has 2 nitrogen and oxygen atoms in total. The summed E-state index contributed by atoms with van der Waals surface area (Å²) in [5, 5.41) is 0.973. The van der Waals surface area contributed by atoms with Crippen LogP contribution < -0.4 is 4.90 Å². The van der Waals surface area contributed by atoms with Crippen molar-refractivity contribution in [1.29, 1.82) is 0 Å². The van der Waals surface area contributed by atoms with Gasteiger partial charge in [0.2, 0.25) is 0 Å². The third-order valence-corrected chi connectivity index (χ3v) is 2.56. The number of anilines is 1. The average Bonchev–Trinajstić information content (AvgIpc) is 2.15. The molecule has 1 heterocycles. The van der Waals surface area contributed by atoms with Gasteiger partial charge in [0, 0.05) is 24.1 Å². The molecule has 1 aromatic heterocycles. The van der Waals surface area contributed by atoms with Crippen molar-refractivity contribution >= 4 is 21.7 Å². The van der Waals surface area contributed by atoms with E-state index in [4.69, 9.17) is 0 Å². The van der Waals surface area contributed by atoms with Gasteiger partial charge in [-0.3, -0.25) is 0 Å². The van der Waals surface area contributed by atoms with Crippen molar-refractivity contribution in [3.05, 3.63) is 23.9 Å². The van der Waals surface area contributed by atoms with Gasteiger partial charge in [0.05, 0.1) is 0 Å². The Morgan fingerprint density at radius 1 is 1.50 bits per heavy atom. The van der Waals surface area contributed by atoms with Crippen LogP contribution in [0.2, 0.25) is 0 Å². The first kappa shape index (κ1) is 11.5. The monoisotopic (exact) mass is 256 g/mol. The van der Waals surface area contributed by atoms with E-state index in [0.717, 1.165) is 17.7 Å². The first-order chi connectivity index (χ1) is 6.66. The Morgan fingerprint density at radius 2 is 2.21 bits per heavy atom. The zero-order valence-corrected chi connectivity index (χ0v) is 10.6. The predicted octanol–water partition coefficient (Wildman–Crippen LogP) is 3.00. The van der Waals surface area contributed by atoms with Gasteiger partial charge in [0.25, 0.3) is 0 Å². The summed E-state index contributed by atoms with van der Waals surface area (Å²) in [4.78, 5) is 6.73. The van der Waals surface area contributed by atoms with Crippen LogP contribution >= 0.6 is 15.9 Å². The molecule has 0 bridgehead atoms. The molecule has 3 heteroatoms. The highest BCUT2D eigenvalue weighted by Crippen LogP contribution is 2.18. The van der Waals surface area contributed by atoms with Crippen LogP contribution in [0, 0.1) is 6.92 Å². The number of alkyl halides is 1. The molecule has 0 unspecified atom stereocenters. The Morgan fingerprint density at radius 3 is 2.71 bits per heavy atom. The van der Waals surface area contributed by atoms with Crippen LogP contribution in [0.1, 0.15) is 19.4 Å². The number of hydrogen-bond acceptors (Lipinski definition) is 2. The SMILES string of the molecule is Cc1cccnc1N(CCBr)C(C)C. The fourth-order valence-corrected chi connectivity index (χ4v) is 1.86. The second-order valence-corrected chi connectivity index (χ2v) is 4.41. The first-order valence-electron chi connectivity index (χ1n) is 4.91. The van der Waals surface area contributed by atoms with E-state index in [2.05, 4.69) is 52.7 Å². The Kier molecular flexibility index (Phi) is 4.39. The summed E-state index contributed by atoms with van der Waals surface area (Å²) >= 11 is 3.47. The maximum Gasteiger partial charge on any atom is 0.131 e. The number of hydrogen-bond donors (Lipinski definition) is 0. The van der Waals surface area contributed by atoms with Gasteiger partial charge < -0.3 is 4.90 Å². The molecule has 0 saturated carbocycles. The van der Waals surface area contributed by atoms with E-state index in [9.17, 15) is 0 Å². The first-order valence-corrected chi connectivity index (χ1v) is 6.03. The molecule has 1 aromatic rings. The maximum atomic E-state index is 4.42. The zero-order valence-electron chi connectivity index (χ0n) is 9.00. The molecule has 0 spiro atoms. The van der Waals surface area contributed by atoms with E-state index in [1.54, 1.807) is 0 Å². The van der Waals surface area contributed by atoms with Gasteiger partial charge in [-0.25, -0.2) is 4.98 Å². The highest BCUT2D eigenvalue weighted by atomic mass is 79.9. The molecule has 0 N–H and O–H groups in total. The summed E-state index contributed by atoms with van der Waals surface area (Å²) in [5.41, 5.74) is 1.24. The smallest absolute Gasteiger partial charge is 0.131 e. The fraction of sp³-hybridized carbons (Fsp3) is 0.545. The number of aryl methyl sites for hydroxylation is 1. The van der Waals surface area contributed by atoms with Gasteiger partial charge >= 0.3 is 0 Å². The molecule has 1 rings (SSSR count). The van der Waals surface area contributed by atoms with Crippen LogP contribution in [0.5, 0.6) is 0 Å². The van der Waals surface area contributed by atoms with Gasteiger partial charge in [-0.1, -0.05) is 22.0 Å². The van der Waals surface area contributed by atoms with Crippen LogP contribution in [0.25, 0.3) is 0 Å². The fourth-order valence-electron chi connectivity index (χ4n) is 1.48. The quantitative estimate of drug-likeness (QED) is 0.771. The third-order valence-electron chi connectivity index (χ3n) is 2.20. The lowest BCUT2D eigenvalue weighted by atomic mass is 10.2. The highest BCUT2D eigenvalue weighted by molar-refractivity contribution is 9.09. The lowest BCUT2D eigenvalue weighted by molar-refractivity contribution is 0.695. The lowest BCUT2D eigenvalue weighted by Gasteiger charge is -2.28. The van der Waals surface area contributed by atoms with E-state index in [-0.39, 0.29) is 0 Å². The van der Waals surface area contributed by atoms with E-state index in [0.29, 0.717) is 6.04 Å². The molecular weight excluding hydrogens is 240 g/mol. The van der Waals surface area contributed by atoms with Gasteiger partial charge in [0.15, 0.2) is 0 Å². The number of halogens is 1. The van der Waals surface area contributed by atoms with Crippen LogP contribution in [0.4, 0.5) is 5.82 Å². The second kappa shape index (κ2) is 5.35. The predicted molar refractivity (Wildman–Crippen MR) is 65.3 cm³/mol. The molecule has 0 aliphatic rings. The molecule has 0 aliphatic carbocycles. The standard InChI is InChI=1S/C11H17BrN2/c1-9(2)14(8-6-12)11-10(3)5-4-7-13-11/h4-5,7,9H,6,8H2,1-3H3. The number of nitrogens with zero attached hydrogens (tertiary/aromatic N) is 2. The number of pyridine rings is 1. The average molecular weight is 257 g/mol. The molecule has 0 aliphatic heterocycles. The van der Waals surface area contributed by atoms with Crippen molar-refractivity contribution in [3.8, 4) is 0 Å². The minimum atomic E-state index is 0.487. The molecule has 0 saturated heterocycles. The summed E-state index contributed by atoms with van der Waals surface area (Å²) in [5.74, 6) is 1.10. The maximum absolute atomic E-state index is 4.42. The molecule has 0 atom stereocenters. The Bertz CT molecular complexity index is 286. The third kappa shape index (κ3) is 2.71. The normalized spacial score (nSPS) is 10.6. The molecular formula is C11H17BrN2. The van der Waals surface area contributed by atoms with Gasteiger partial charge in [0.1, 0.15) is 5.82 Å². The lowest BCUT2D eigenvalue weighted by Crippen LogP contribution is -2.33. The minimum Gasteiger partial charge on any atom is -0.353 e. The van der Waals surface area contributed by atoms with Crippen LogP contribution in [-0.4, -0.2) is 22.9 Å². The highest BCUT2D eigenvalue weighted by Gasteiger charge is 2.12. The van der Waals surface area contributed by atoms with E-state index in [1.807, 2.05) is 12.3 Å². The number of aromatic nitrogens is 1. The second-order valence-electron chi connectivity index (χ2n) is 3.62. The van der Waals surface area contributed by atoms with Crippen molar-refractivity contribution < 1.29 is 0 Å². The minimum absolute atomic E-state index is 0.487.